The minimum atomic E-state index is -0.917. The van der Waals surface area contributed by atoms with Gasteiger partial charge in [0.2, 0.25) is 0 Å². The van der Waals surface area contributed by atoms with E-state index in [1.165, 1.54) is 0 Å². The quantitative estimate of drug-likeness (QED) is 0.802. The number of aliphatic carboxylic acids is 1. The number of oxime groups is 1. The highest BCUT2D eigenvalue weighted by molar-refractivity contribution is 5.92. The first-order valence-corrected chi connectivity index (χ1v) is 8.63. The van der Waals surface area contributed by atoms with E-state index in [0.717, 1.165) is 18.6 Å². The Morgan fingerprint density at radius 2 is 2.00 bits per heavy atom. The van der Waals surface area contributed by atoms with Gasteiger partial charge in [0, 0.05) is 12.0 Å². The number of carboxylic acid groups (broad SMARTS) is 1. The van der Waals surface area contributed by atoms with E-state index in [-0.39, 0.29) is 17.9 Å². The molecule has 2 rings (SSSR count). The number of hydrogen-bond donors (Lipinski definition) is 2. The molecule has 0 unspecified atom stereocenters. The van der Waals surface area contributed by atoms with E-state index in [9.17, 15) is 14.7 Å². The number of alkyl carbamates (subject to hydrolysis) is 1. The van der Waals surface area contributed by atoms with E-state index in [1.54, 1.807) is 20.8 Å². The van der Waals surface area contributed by atoms with Gasteiger partial charge in [-0.05, 0) is 40.0 Å². The van der Waals surface area contributed by atoms with Crippen molar-refractivity contribution in [1.29, 1.82) is 0 Å². The molecule has 0 spiro atoms. The van der Waals surface area contributed by atoms with Crippen LogP contribution in [-0.4, -0.2) is 40.6 Å². The zero-order valence-electron chi connectivity index (χ0n) is 15.0. The summed E-state index contributed by atoms with van der Waals surface area (Å²) < 4.78 is 5.31. The smallest absolute Gasteiger partial charge is 0.407 e. The maximum atomic E-state index is 12.1. The average molecular weight is 340 g/mol. The number of carbonyl (C=O) groups is 2. The lowest BCUT2D eigenvalue weighted by atomic mass is 9.84. The number of ether oxygens (including phenoxy) is 1. The van der Waals surface area contributed by atoms with E-state index in [0.29, 0.717) is 6.42 Å². The zero-order valence-corrected chi connectivity index (χ0v) is 15.0. The summed E-state index contributed by atoms with van der Waals surface area (Å²) in [5.74, 6) is -1.57. The van der Waals surface area contributed by atoms with Crippen LogP contribution in [0.25, 0.3) is 0 Å². The molecule has 0 saturated heterocycles. The lowest BCUT2D eigenvalue weighted by Gasteiger charge is -2.25. The molecule has 7 nitrogen and oxygen atoms in total. The van der Waals surface area contributed by atoms with Crippen LogP contribution < -0.4 is 5.32 Å². The van der Waals surface area contributed by atoms with Gasteiger partial charge in [0.05, 0.1) is 17.5 Å². The Morgan fingerprint density at radius 1 is 1.38 bits per heavy atom. The van der Waals surface area contributed by atoms with E-state index < -0.39 is 29.7 Å². The molecule has 0 radical (unpaired) electrons. The van der Waals surface area contributed by atoms with Crippen molar-refractivity contribution in [2.75, 3.05) is 0 Å². The summed E-state index contributed by atoms with van der Waals surface area (Å²) in [6, 6.07) is -0.340. The average Bonchev–Trinajstić information content (AvgIpc) is 3.00. The van der Waals surface area contributed by atoms with Gasteiger partial charge in [-0.1, -0.05) is 19.0 Å². The Balaban J connectivity index is 2.18. The number of nitrogens with zero attached hydrogens (tertiary/aromatic N) is 1. The summed E-state index contributed by atoms with van der Waals surface area (Å²) >= 11 is 0. The van der Waals surface area contributed by atoms with Gasteiger partial charge < -0.3 is 20.0 Å². The summed E-state index contributed by atoms with van der Waals surface area (Å²) in [6.45, 7) is 9.52. The van der Waals surface area contributed by atoms with Gasteiger partial charge in [-0.15, -0.1) is 0 Å². The Labute approximate surface area is 142 Å². The number of fused-ring (bicyclic) bond motifs is 1. The third kappa shape index (κ3) is 3.82. The summed E-state index contributed by atoms with van der Waals surface area (Å²) in [6.07, 6.45) is 1.08. The molecule has 136 valence electrons. The van der Waals surface area contributed by atoms with Gasteiger partial charge in [-0.25, -0.2) is 4.79 Å². The van der Waals surface area contributed by atoms with E-state index >= 15 is 0 Å². The zero-order chi connectivity index (χ0) is 18.1. The van der Waals surface area contributed by atoms with Crippen LogP contribution in [0.2, 0.25) is 0 Å². The van der Waals surface area contributed by atoms with Gasteiger partial charge in [-0.2, -0.15) is 0 Å². The normalized spacial score (nSPS) is 29.0. The lowest BCUT2D eigenvalue weighted by Crippen LogP contribution is -2.45. The summed E-state index contributed by atoms with van der Waals surface area (Å²) in [5, 5.41) is 16.5. The van der Waals surface area contributed by atoms with Crippen LogP contribution in [-0.2, 0) is 14.4 Å². The monoisotopic (exact) mass is 340 g/mol. The van der Waals surface area contributed by atoms with Gasteiger partial charge in [0.25, 0.3) is 0 Å². The van der Waals surface area contributed by atoms with Crippen LogP contribution in [0.5, 0.6) is 0 Å². The topological polar surface area (TPSA) is 97.2 Å². The molecule has 2 N–H and O–H groups in total. The molecule has 1 heterocycles. The maximum Gasteiger partial charge on any atom is 0.407 e. The van der Waals surface area contributed by atoms with Crippen molar-refractivity contribution >= 4 is 17.8 Å². The van der Waals surface area contributed by atoms with Crippen LogP contribution in [0.4, 0.5) is 4.79 Å². The van der Waals surface area contributed by atoms with Crippen LogP contribution >= 0.6 is 0 Å². The molecule has 1 saturated carbocycles. The SMILES string of the molecule is CCC(CC)C1=NO[C@H]2[C@@H]1[C@H](NC(=O)OC(C)(C)C)C[C@H]2C(=O)O. The minimum absolute atomic E-state index is 0.205. The number of amides is 1. The summed E-state index contributed by atoms with van der Waals surface area (Å²) in [4.78, 5) is 29.2. The number of rotatable bonds is 5. The standard InChI is InChI=1S/C17H28N2O5/c1-6-9(7-2)13-12-11(18-16(22)23-17(3,4)5)8-10(15(20)21)14(12)24-19-13/h9-12,14H,6-8H2,1-5H3,(H,18,22)(H,20,21)/t10-,11-,12-,14-/m1/s1. The first-order chi connectivity index (χ1) is 11.2. The van der Waals surface area contributed by atoms with Crippen molar-refractivity contribution in [2.45, 2.75) is 71.6 Å². The molecule has 1 amide bonds. The molecule has 1 fully saturated rings. The predicted molar refractivity (Wildman–Crippen MR) is 88.8 cm³/mol. The van der Waals surface area contributed by atoms with Gasteiger partial charge in [0.15, 0.2) is 6.10 Å². The number of carbonyl (C=O) groups excluding carboxylic acids is 1. The molecule has 1 aliphatic heterocycles. The minimum Gasteiger partial charge on any atom is -0.481 e. The first-order valence-electron chi connectivity index (χ1n) is 8.63. The summed E-state index contributed by atoms with van der Waals surface area (Å²) in [5.41, 5.74) is 0.266. The van der Waals surface area contributed by atoms with E-state index in [4.69, 9.17) is 9.57 Å². The second kappa shape index (κ2) is 6.99. The molecule has 4 atom stereocenters. The second-order valence-corrected chi connectivity index (χ2v) is 7.56. The largest absolute Gasteiger partial charge is 0.481 e. The van der Waals surface area contributed by atoms with Gasteiger partial charge >= 0.3 is 12.1 Å². The Morgan fingerprint density at radius 3 is 2.50 bits per heavy atom. The molecular weight excluding hydrogens is 312 g/mol. The molecule has 0 aromatic rings. The molecular formula is C17H28N2O5. The van der Waals surface area contributed by atoms with Crippen molar-refractivity contribution in [3.63, 3.8) is 0 Å². The van der Waals surface area contributed by atoms with Crippen molar-refractivity contribution in [3.05, 3.63) is 0 Å². The fraction of sp³-hybridized carbons (Fsp3) is 0.824. The third-order valence-electron chi connectivity index (χ3n) is 4.74. The molecule has 0 bridgehead atoms. The van der Waals surface area contributed by atoms with Crippen LogP contribution in [0, 0.1) is 17.8 Å². The molecule has 1 aliphatic carbocycles. The Hall–Kier alpha value is -1.79. The summed E-state index contributed by atoms with van der Waals surface area (Å²) in [7, 11) is 0. The lowest BCUT2D eigenvalue weighted by molar-refractivity contribution is -0.145. The highest BCUT2D eigenvalue weighted by atomic mass is 16.6. The van der Waals surface area contributed by atoms with Crippen LogP contribution in [0.15, 0.2) is 5.16 Å². The predicted octanol–water partition coefficient (Wildman–Crippen LogP) is 2.79. The first kappa shape index (κ1) is 18.5. The fourth-order valence-electron chi connectivity index (χ4n) is 3.63. The van der Waals surface area contributed by atoms with Gasteiger partial charge in [-0.3, -0.25) is 4.79 Å². The molecule has 2 aliphatic rings. The van der Waals surface area contributed by atoms with Gasteiger partial charge in [0.1, 0.15) is 5.60 Å². The Bertz CT molecular complexity index is 522. The van der Waals surface area contributed by atoms with Crippen molar-refractivity contribution in [1.82, 2.24) is 5.32 Å². The second-order valence-electron chi connectivity index (χ2n) is 7.56. The van der Waals surface area contributed by atoms with Crippen molar-refractivity contribution in [2.24, 2.45) is 22.9 Å². The Kier molecular flexibility index (Phi) is 5.40. The molecule has 0 aromatic heterocycles. The van der Waals surface area contributed by atoms with Crippen LogP contribution in [0.3, 0.4) is 0 Å². The highest BCUT2D eigenvalue weighted by Crippen LogP contribution is 2.41. The van der Waals surface area contributed by atoms with Crippen molar-refractivity contribution in [3.8, 4) is 0 Å². The molecule has 24 heavy (non-hydrogen) atoms. The molecule has 7 heteroatoms. The van der Waals surface area contributed by atoms with Crippen LogP contribution in [0.1, 0.15) is 53.9 Å². The number of carboxylic acids is 1. The highest BCUT2D eigenvalue weighted by Gasteiger charge is 2.55. The number of hydrogen-bond acceptors (Lipinski definition) is 5. The third-order valence-corrected chi connectivity index (χ3v) is 4.74. The van der Waals surface area contributed by atoms with E-state index in [2.05, 4.69) is 24.3 Å². The van der Waals surface area contributed by atoms with Crippen molar-refractivity contribution < 1.29 is 24.3 Å². The molecule has 0 aromatic carbocycles. The maximum absolute atomic E-state index is 12.1. The number of nitrogens with one attached hydrogen (secondary N) is 1. The fourth-order valence-corrected chi connectivity index (χ4v) is 3.63. The van der Waals surface area contributed by atoms with E-state index in [1.807, 2.05) is 0 Å².